The molecule has 1 N–H and O–H groups in total. The lowest BCUT2D eigenvalue weighted by Crippen LogP contribution is -2.01. The molecular weight excluding hydrogens is 191 g/mol. The highest BCUT2D eigenvalue weighted by molar-refractivity contribution is 7.90. The van der Waals surface area contributed by atoms with Gasteiger partial charge < -0.3 is 9.68 Å². The van der Waals surface area contributed by atoms with Crippen LogP contribution in [0.15, 0.2) is 29.2 Å². The van der Waals surface area contributed by atoms with Crippen LogP contribution in [0.25, 0.3) is 0 Å². The smallest absolute Gasteiger partial charge is 0.504 e. The third-order valence-corrected chi connectivity index (χ3v) is 2.61. The van der Waals surface area contributed by atoms with E-state index in [0.29, 0.717) is 5.75 Å². The van der Waals surface area contributed by atoms with Crippen LogP contribution in [0.5, 0.6) is 5.75 Å². The Morgan fingerprint density at radius 1 is 1.31 bits per heavy atom. The SMILES string of the molecule is CS(=O)(=O)c1ccc(OBO)cc1. The topological polar surface area (TPSA) is 63.6 Å². The molecule has 0 aliphatic rings. The summed E-state index contributed by atoms with van der Waals surface area (Å²) in [5.41, 5.74) is 0. The van der Waals surface area contributed by atoms with Crippen molar-refractivity contribution in [2.45, 2.75) is 4.90 Å². The maximum Gasteiger partial charge on any atom is 0.504 e. The molecular formula is C7H9BO4S. The Hall–Kier alpha value is -1.01. The van der Waals surface area contributed by atoms with Crippen molar-refractivity contribution < 1.29 is 18.1 Å². The van der Waals surface area contributed by atoms with Crippen molar-refractivity contribution in [1.29, 1.82) is 0 Å². The summed E-state index contributed by atoms with van der Waals surface area (Å²) in [6, 6.07) is 5.85. The van der Waals surface area contributed by atoms with Crippen molar-refractivity contribution in [2.75, 3.05) is 6.26 Å². The van der Waals surface area contributed by atoms with Gasteiger partial charge in [0.15, 0.2) is 9.84 Å². The average Bonchev–Trinajstić information content (AvgIpc) is 2.04. The first kappa shape index (κ1) is 10.1. The fraction of sp³-hybridized carbons (Fsp3) is 0.143. The Labute approximate surface area is 77.4 Å². The molecule has 1 aromatic rings. The molecule has 0 unspecified atom stereocenters. The summed E-state index contributed by atoms with van der Waals surface area (Å²) in [6.07, 6.45) is 1.13. The molecule has 0 aromatic heterocycles. The normalized spacial score (nSPS) is 10.9. The van der Waals surface area contributed by atoms with Crippen LogP contribution in [0.1, 0.15) is 0 Å². The lowest BCUT2D eigenvalue weighted by molar-refractivity contribution is 0.453. The Morgan fingerprint density at radius 2 is 1.85 bits per heavy atom. The predicted molar refractivity (Wildman–Crippen MR) is 49.5 cm³/mol. The van der Waals surface area contributed by atoms with E-state index in [2.05, 4.69) is 0 Å². The Balaban J connectivity index is 2.94. The lowest BCUT2D eigenvalue weighted by Gasteiger charge is -2.02. The van der Waals surface area contributed by atoms with Crippen LogP contribution in [0.4, 0.5) is 0 Å². The highest BCUT2D eigenvalue weighted by atomic mass is 32.2. The van der Waals surface area contributed by atoms with E-state index in [1.165, 1.54) is 24.3 Å². The molecule has 0 heterocycles. The minimum absolute atomic E-state index is 0.234. The summed E-state index contributed by atoms with van der Waals surface area (Å²) in [7, 11) is -3.57. The van der Waals surface area contributed by atoms with Gasteiger partial charge in [-0.15, -0.1) is 0 Å². The maximum atomic E-state index is 11.0. The number of benzene rings is 1. The Bertz CT molecular complexity index is 370. The van der Waals surface area contributed by atoms with E-state index in [4.69, 9.17) is 9.68 Å². The van der Waals surface area contributed by atoms with E-state index in [1.807, 2.05) is 0 Å². The molecule has 6 heteroatoms. The van der Waals surface area contributed by atoms with E-state index in [-0.39, 0.29) is 4.90 Å². The van der Waals surface area contributed by atoms with Gasteiger partial charge >= 0.3 is 7.69 Å². The van der Waals surface area contributed by atoms with Crippen LogP contribution in [-0.2, 0) is 9.84 Å². The molecule has 13 heavy (non-hydrogen) atoms. The van der Waals surface area contributed by atoms with Crippen LogP contribution in [0, 0.1) is 0 Å². The Morgan fingerprint density at radius 3 is 2.23 bits per heavy atom. The third-order valence-electron chi connectivity index (χ3n) is 1.48. The van der Waals surface area contributed by atoms with Gasteiger partial charge in [0.25, 0.3) is 0 Å². The van der Waals surface area contributed by atoms with E-state index in [9.17, 15) is 8.42 Å². The molecule has 0 aliphatic heterocycles. The summed E-state index contributed by atoms with van der Waals surface area (Å²) >= 11 is 0. The van der Waals surface area contributed by atoms with Crippen LogP contribution in [0.2, 0.25) is 0 Å². The molecule has 0 fully saturated rings. The number of sulfone groups is 1. The minimum Gasteiger partial charge on any atom is -0.539 e. The number of hydrogen-bond donors (Lipinski definition) is 1. The van der Waals surface area contributed by atoms with E-state index >= 15 is 0 Å². The zero-order chi connectivity index (χ0) is 9.90. The molecule has 1 aromatic carbocycles. The van der Waals surface area contributed by atoms with Crippen molar-refractivity contribution in [2.24, 2.45) is 0 Å². The second-order valence-electron chi connectivity index (χ2n) is 2.52. The van der Waals surface area contributed by atoms with Gasteiger partial charge in [-0.1, -0.05) is 0 Å². The monoisotopic (exact) mass is 200 g/mol. The second kappa shape index (κ2) is 3.80. The fourth-order valence-electron chi connectivity index (χ4n) is 0.858. The van der Waals surface area contributed by atoms with Gasteiger partial charge in [0.05, 0.1) is 4.90 Å². The van der Waals surface area contributed by atoms with Crippen molar-refractivity contribution in [3.8, 4) is 5.75 Å². The summed E-state index contributed by atoms with van der Waals surface area (Å²) in [5.74, 6) is 0.440. The molecule has 0 bridgehead atoms. The first-order chi connectivity index (χ1) is 6.04. The highest BCUT2D eigenvalue weighted by Gasteiger charge is 2.05. The third kappa shape index (κ3) is 2.75. The zero-order valence-corrected chi connectivity index (χ0v) is 7.91. The van der Waals surface area contributed by atoms with Crippen molar-refractivity contribution >= 4 is 17.5 Å². The van der Waals surface area contributed by atoms with Gasteiger partial charge in [0, 0.05) is 6.26 Å². The largest absolute Gasteiger partial charge is 0.539 e. The van der Waals surface area contributed by atoms with Gasteiger partial charge in [-0.05, 0) is 24.3 Å². The van der Waals surface area contributed by atoms with Crippen LogP contribution in [0.3, 0.4) is 0 Å². The van der Waals surface area contributed by atoms with Crippen LogP contribution in [-0.4, -0.2) is 27.4 Å². The minimum atomic E-state index is -3.15. The van der Waals surface area contributed by atoms with Crippen LogP contribution >= 0.6 is 0 Å². The molecule has 0 radical (unpaired) electrons. The molecule has 1 rings (SSSR count). The van der Waals surface area contributed by atoms with Gasteiger partial charge in [-0.3, -0.25) is 0 Å². The molecule has 0 amide bonds. The van der Waals surface area contributed by atoms with E-state index in [0.717, 1.165) is 6.26 Å². The lowest BCUT2D eigenvalue weighted by atomic mass is 10.3. The molecule has 0 aliphatic carbocycles. The quantitative estimate of drug-likeness (QED) is 0.682. The predicted octanol–water partition coefficient (Wildman–Crippen LogP) is -0.272. The fourth-order valence-corrected chi connectivity index (χ4v) is 1.49. The van der Waals surface area contributed by atoms with E-state index in [1.54, 1.807) is 0 Å². The average molecular weight is 200 g/mol. The van der Waals surface area contributed by atoms with Gasteiger partial charge in [0.2, 0.25) is 0 Å². The number of rotatable bonds is 3. The van der Waals surface area contributed by atoms with E-state index < -0.39 is 17.5 Å². The first-order valence-corrected chi connectivity index (χ1v) is 5.47. The van der Waals surface area contributed by atoms with Crippen molar-refractivity contribution in [3.05, 3.63) is 24.3 Å². The molecule has 0 spiro atoms. The summed E-state index contributed by atoms with van der Waals surface area (Å²) in [5, 5.41) is 8.41. The van der Waals surface area contributed by atoms with Gasteiger partial charge in [0.1, 0.15) is 5.75 Å². The van der Waals surface area contributed by atoms with Gasteiger partial charge in [-0.25, -0.2) is 8.42 Å². The molecule has 0 saturated carbocycles. The summed E-state index contributed by atoms with van der Waals surface area (Å²) < 4.78 is 26.8. The molecule has 0 atom stereocenters. The first-order valence-electron chi connectivity index (χ1n) is 3.58. The van der Waals surface area contributed by atoms with Gasteiger partial charge in [-0.2, -0.15) is 0 Å². The van der Waals surface area contributed by atoms with Crippen molar-refractivity contribution in [1.82, 2.24) is 0 Å². The summed E-state index contributed by atoms with van der Waals surface area (Å²) in [6.45, 7) is 0. The highest BCUT2D eigenvalue weighted by Crippen LogP contribution is 2.14. The zero-order valence-electron chi connectivity index (χ0n) is 7.10. The second-order valence-corrected chi connectivity index (χ2v) is 4.53. The molecule has 4 nitrogen and oxygen atoms in total. The maximum absolute atomic E-state index is 11.0. The van der Waals surface area contributed by atoms with Crippen LogP contribution < -0.4 is 4.65 Å². The molecule has 70 valence electrons. The number of hydrogen-bond acceptors (Lipinski definition) is 4. The van der Waals surface area contributed by atoms with Crippen molar-refractivity contribution in [3.63, 3.8) is 0 Å². The molecule has 0 saturated heterocycles. The standard InChI is InChI=1S/C7H9BO4S/c1-13(10,11)7-4-2-6(3-5-7)12-8-9/h2-5,8-9H,1H3. The Kier molecular flexibility index (Phi) is 2.95. The summed E-state index contributed by atoms with van der Waals surface area (Å²) in [4.78, 5) is 0.234.